The molecule has 0 spiro atoms. The summed E-state index contributed by atoms with van der Waals surface area (Å²) in [7, 11) is 0. The zero-order valence-electron chi connectivity index (χ0n) is 9.76. The van der Waals surface area contributed by atoms with E-state index in [4.69, 9.17) is 16.3 Å². The van der Waals surface area contributed by atoms with Crippen LogP contribution in [-0.4, -0.2) is 28.7 Å². The summed E-state index contributed by atoms with van der Waals surface area (Å²) in [6.45, 7) is 1.39. The third-order valence-electron chi connectivity index (χ3n) is 2.17. The predicted molar refractivity (Wildman–Crippen MR) is 76.6 cm³/mol. The van der Waals surface area contributed by atoms with Gasteiger partial charge < -0.3 is 4.74 Å². The Labute approximate surface area is 118 Å². The van der Waals surface area contributed by atoms with Gasteiger partial charge in [0.2, 0.25) is 0 Å². The van der Waals surface area contributed by atoms with Gasteiger partial charge in [0.1, 0.15) is 6.10 Å². The van der Waals surface area contributed by atoms with Gasteiger partial charge >= 0.3 is 5.97 Å². The van der Waals surface area contributed by atoms with Crippen molar-refractivity contribution in [1.82, 2.24) is 4.98 Å². The van der Waals surface area contributed by atoms with Crippen LogP contribution in [-0.2, 0) is 9.53 Å². The molecule has 0 aliphatic rings. The van der Waals surface area contributed by atoms with E-state index in [0.717, 1.165) is 14.6 Å². The number of halogens is 1. The summed E-state index contributed by atoms with van der Waals surface area (Å²) in [6.07, 6.45) is -0.263. The van der Waals surface area contributed by atoms with Crippen LogP contribution in [0.3, 0.4) is 0 Å². The Bertz CT molecular complexity index is 511. The standard InChI is InChI=1S/C12H12ClNO2S2/c1-8(15)16-9(6-13)7-17-12-14-10-4-2-3-5-11(10)18-12/h2-5,9H,6-7H2,1H3/t9-/m1/s1. The minimum absolute atomic E-state index is 0.263. The third kappa shape index (κ3) is 3.60. The molecule has 1 aromatic heterocycles. The number of hydrogen-bond acceptors (Lipinski definition) is 5. The molecule has 0 radical (unpaired) electrons. The third-order valence-corrected chi connectivity index (χ3v) is 4.83. The van der Waals surface area contributed by atoms with Crippen LogP contribution >= 0.6 is 34.7 Å². The summed E-state index contributed by atoms with van der Waals surface area (Å²) in [5.74, 6) is 0.631. The molecule has 96 valence electrons. The molecule has 2 aromatic rings. The van der Waals surface area contributed by atoms with E-state index in [1.54, 1.807) is 23.1 Å². The summed E-state index contributed by atoms with van der Waals surface area (Å²) in [4.78, 5) is 15.4. The van der Waals surface area contributed by atoms with E-state index in [2.05, 4.69) is 4.98 Å². The maximum Gasteiger partial charge on any atom is 0.302 e. The summed E-state index contributed by atoms with van der Waals surface area (Å²) in [5.41, 5.74) is 1.000. The number of rotatable bonds is 5. The van der Waals surface area contributed by atoms with Gasteiger partial charge in [-0.1, -0.05) is 23.9 Å². The summed E-state index contributed by atoms with van der Waals surface area (Å²) in [5, 5.41) is 0. The average molecular weight is 302 g/mol. The van der Waals surface area contributed by atoms with Gasteiger partial charge in [0, 0.05) is 12.7 Å². The smallest absolute Gasteiger partial charge is 0.302 e. The number of para-hydroxylation sites is 1. The Kier molecular flexibility index (Phi) is 4.86. The van der Waals surface area contributed by atoms with Crippen LogP contribution in [0.15, 0.2) is 28.6 Å². The second-order valence-corrected chi connectivity index (χ2v) is 6.25. The monoisotopic (exact) mass is 301 g/mol. The van der Waals surface area contributed by atoms with Gasteiger partial charge in [0.15, 0.2) is 4.34 Å². The Morgan fingerprint density at radius 3 is 3.00 bits per heavy atom. The SMILES string of the molecule is CC(=O)O[C@H](CCl)CSc1nc2ccccc2s1. The van der Waals surface area contributed by atoms with Crippen LogP contribution in [0, 0.1) is 0 Å². The van der Waals surface area contributed by atoms with Gasteiger partial charge in [-0.2, -0.15) is 0 Å². The van der Waals surface area contributed by atoms with E-state index in [9.17, 15) is 4.79 Å². The van der Waals surface area contributed by atoms with Gasteiger partial charge in [0.05, 0.1) is 16.1 Å². The van der Waals surface area contributed by atoms with E-state index >= 15 is 0 Å². The topological polar surface area (TPSA) is 39.2 Å². The number of carbonyl (C=O) groups is 1. The Hall–Kier alpha value is -0.780. The fourth-order valence-electron chi connectivity index (χ4n) is 1.42. The number of fused-ring (bicyclic) bond motifs is 1. The molecule has 1 aromatic carbocycles. The molecule has 0 amide bonds. The molecule has 3 nitrogen and oxygen atoms in total. The molecule has 0 aliphatic carbocycles. The van der Waals surface area contributed by atoms with Crippen LogP contribution in [0.25, 0.3) is 10.2 Å². The second kappa shape index (κ2) is 6.41. The highest BCUT2D eigenvalue weighted by atomic mass is 35.5. The molecular formula is C12H12ClNO2S2. The minimum atomic E-state index is -0.300. The normalized spacial score (nSPS) is 12.6. The number of carbonyl (C=O) groups excluding carboxylic acids is 1. The van der Waals surface area contributed by atoms with Gasteiger partial charge in [-0.05, 0) is 12.1 Å². The zero-order chi connectivity index (χ0) is 13.0. The van der Waals surface area contributed by atoms with Crippen LogP contribution in [0.5, 0.6) is 0 Å². The van der Waals surface area contributed by atoms with Crippen molar-refractivity contribution in [2.24, 2.45) is 0 Å². The van der Waals surface area contributed by atoms with Crippen LogP contribution < -0.4 is 0 Å². The van der Waals surface area contributed by atoms with Crippen molar-refractivity contribution in [3.05, 3.63) is 24.3 Å². The molecule has 1 atom stereocenters. The number of aromatic nitrogens is 1. The second-order valence-electron chi connectivity index (χ2n) is 3.64. The Morgan fingerprint density at radius 1 is 1.56 bits per heavy atom. The first kappa shape index (κ1) is 13.6. The molecule has 0 saturated carbocycles. The van der Waals surface area contributed by atoms with Crippen molar-refractivity contribution in [2.75, 3.05) is 11.6 Å². The largest absolute Gasteiger partial charge is 0.460 e. The molecule has 0 N–H and O–H groups in total. The molecule has 6 heteroatoms. The average Bonchev–Trinajstić information content (AvgIpc) is 2.76. The lowest BCUT2D eigenvalue weighted by atomic mass is 10.3. The first-order chi connectivity index (χ1) is 8.69. The number of thioether (sulfide) groups is 1. The molecule has 0 bridgehead atoms. The summed E-state index contributed by atoms with van der Waals surface area (Å²) >= 11 is 8.95. The number of ether oxygens (including phenoxy) is 1. The number of thiazole rings is 1. The zero-order valence-corrected chi connectivity index (χ0v) is 12.1. The van der Waals surface area contributed by atoms with Crippen molar-refractivity contribution in [1.29, 1.82) is 0 Å². The molecular weight excluding hydrogens is 290 g/mol. The quantitative estimate of drug-likeness (QED) is 0.481. The van der Waals surface area contributed by atoms with Crippen molar-refractivity contribution in [3.63, 3.8) is 0 Å². The Balaban J connectivity index is 1.98. The predicted octanol–water partition coefficient (Wildman–Crippen LogP) is 3.56. The van der Waals surface area contributed by atoms with Crippen LogP contribution in [0.1, 0.15) is 6.92 Å². The fraction of sp³-hybridized carbons (Fsp3) is 0.333. The highest BCUT2D eigenvalue weighted by molar-refractivity contribution is 8.01. The number of benzene rings is 1. The van der Waals surface area contributed by atoms with E-state index < -0.39 is 0 Å². The first-order valence-corrected chi connectivity index (χ1v) is 7.74. The molecule has 1 heterocycles. The van der Waals surface area contributed by atoms with E-state index in [1.807, 2.05) is 24.3 Å². The minimum Gasteiger partial charge on any atom is -0.460 e. The van der Waals surface area contributed by atoms with E-state index in [-0.39, 0.29) is 12.1 Å². The Morgan fingerprint density at radius 2 is 2.33 bits per heavy atom. The van der Waals surface area contributed by atoms with Gasteiger partial charge in [-0.15, -0.1) is 22.9 Å². The van der Waals surface area contributed by atoms with Gasteiger partial charge in [-0.3, -0.25) is 4.79 Å². The van der Waals surface area contributed by atoms with Gasteiger partial charge in [0.25, 0.3) is 0 Å². The number of nitrogens with zero attached hydrogens (tertiary/aromatic N) is 1. The lowest BCUT2D eigenvalue weighted by molar-refractivity contribution is -0.144. The van der Waals surface area contributed by atoms with Gasteiger partial charge in [-0.25, -0.2) is 4.98 Å². The molecule has 0 fully saturated rings. The number of esters is 1. The first-order valence-electron chi connectivity index (χ1n) is 5.40. The van der Waals surface area contributed by atoms with Crippen LogP contribution in [0.4, 0.5) is 0 Å². The van der Waals surface area contributed by atoms with Crippen molar-refractivity contribution in [3.8, 4) is 0 Å². The van der Waals surface area contributed by atoms with E-state index in [0.29, 0.717) is 11.6 Å². The lowest BCUT2D eigenvalue weighted by Crippen LogP contribution is -2.20. The van der Waals surface area contributed by atoms with Crippen molar-refractivity contribution in [2.45, 2.75) is 17.4 Å². The molecule has 18 heavy (non-hydrogen) atoms. The maximum absolute atomic E-state index is 10.9. The maximum atomic E-state index is 10.9. The molecule has 2 rings (SSSR count). The molecule has 0 unspecified atom stereocenters. The number of alkyl halides is 1. The number of hydrogen-bond donors (Lipinski definition) is 0. The fourth-order valence-corrected chi connectivity index (χ4v) is 3.81. The highest BCUT2D eigenvalue weighted by Gasteiger charge is 2.13. The summed E-state index contributed by atoms with van der Waals surface area (Å²) < 4.78 is 7.21. The lowest BCUT2D eigenvalue weighted by Gasteiger charge is -2.12. The highest BCUT2D eigenvalue weighted by Crippen LogP contribution is 2.29. The molecule has 0 saturated heterocycles. The van der Waals surface area contributed by atoms with Crippen LogP contribution in [0.2, 0.25) is 0 Å². The van der Waals surface area contributed by atoms with Crippen molar-refractivity contribution >= 4 is 50.9 Å². The van der Waals surface area contributed by atoms with E-state index in [1.165, 1.54) is 6.92 Å². The van der Waals surface area contributed by atoms with Crippen molar-refractivity contribution < 1.29 is 9.53 Å². The molecule has 0 aliphatic heterocycles. The summed E-state index contributed by atoms with van der Waals surface area (Å²) in [6, 6.07) is 8.00.